The van der Waals surface area contributed by atoms with Gasteiger partial charge in [0, 0.05) is 12.5 Å². The highest BCUT2D eigenvalue weighted by atomic mass is 35.5. The summed E-state index contributed by atoms with van der Waals surface area (Å²) in [6.45, 7) is 0. The molecule has 0 rings (SSSR count). The molecule has 0 atom stereocenters. The quantitative estimate of drug-likeness (QED) is 0.675. The molecule has 0 aromatic heterocycles. The van der Waals surface area contributed by atoms with E-state index in [0.29, 0.717) is 0 Å². The van der Waals surface area contributed by atoms with Crippen LogP contribution in [0.1, 0.15) is 0 Å². The second-order valence-corrected chi connectivity index (χ2v) is 2.60. The zero-order chi connectivity index (χ0) is 6.57. The molecule has 0 bridgehead atoms. The Hall–Kier alpha value is 0.260. The Balaban J connectivity index is 0. The molecule has 0 spiro atoms. The summed E-state index contributed by atoms with van der Waals surface area (Å²) < 4.78 is 1.17. The first-order valence-corrected chi connectivity index (χ1v) is 4.20. The molecule has 0 fully saturated rings. The fourth-order valence-corrected chi connectivity index (χ4v) is 1.14. The average molecular weight is 190 g/mol. The Kier molecular flexibility index (Phi) is 8.50. The lowest BCUT2D eigenvalue weighted by Gasteiger charge is -2.08. The number of rotatable bonds is 2. The van der Waals surface area contributed by atoms with Crippen LogP contribution in [0.2, 0.25) is 0 Å². The van der Waals surface area contributed by atoms with Crippen molar-refractivity contribution >= 4 is 42.4 Å². The van der Waals surface area contributed by atoms with Crippen LogP contribution in [-0.2, 0) is 0 Å². The van der Waals surface area contributed by atoms with E-state index >= 15 is 0 Å². The van der Waals surface area contributed by atoms with Gasteiger partial charge < -0.3 is 5.11 Å². The smallest absolute Gasteiger partial charge is 0.427 e. The number of nitrogens with zero attached hydrogens (tertiary/aromatic N) is 1. The number of carboxylic acid groups (broad SMARTS) is 1. The van der Waals surface area contributed by atoms with Gasteiger partial charge in [-0.1, -0.05) is 0 Å². The minimum absolute atomic E-state index is 0. The maximum absolute atomic E-state index is 10.0. The van der Waals surface area contributed by atoms with Gasteiger partial charge in [-0.2, -0.15) is 3.71 Å². The van der Waals surface area contributed by atoms with E-state index in [1.807, 2.05) is 0 Å². The molecule has 0 aromatic rings. The molecule has 3 nitrogen and oxygen atoms in total. The van der Waals surface area contributed by atoms with Crippen LogP contribution >= 0.6 is 36.3 Å². The zero-order valence-electron chi connectivity index (χ0n) is 5.03. The van der Waals surface area contributed by atoms with E-state index in [9.17, 15) is 4.79 Å². The van der Waals surface area contributed by atoms with Crippen LogP contribution in [0.5, 0.6) is 0 Å². The molecule has 0 unspecified atom stereocenters. The summed E-state index contributed by atoms with van der Waals surface area (Å²) in [6.07, 6.45) is 2.51. The molecule has 0 aromatic carbocycles. The average Bonchev–Trinajstić information content (AvgIpc) is 1.69. The Bertz CT molecular complexity index is 87.9. The fraction of sp³-hybridized carbons (Fsp3) is 0.667. The number of hydrogen-bond donors (Lipinski definition) is 1. The second kappa shape index (κ2) is 6.38. The predicted molar refractivity (Wildman–Crippen MR) is 44.1 cm³/mol. The van der Waals surface area contributed by atoms with Crippen molar-refractivity contribution < 1.29 is 9.90 Å². The summed E-state index contributed by atoms with van der Waals surface area (Å²) in [5.74, 6) is 0. The SMILES string of the molecule is CSN(SC)C(=O)O.Cl. The summed E-state index contributed by atoms with van der Waals surface area (Å²) in [5.41, 5.74) is 0. The van der Waals surface area contributed by atoms with Crippen LogP contribution in [-0.4, -0.2) is 27.4 Å². The third kappa shape index (κ3) is 4.74. The molecule has 9 heavy (non-hydrogen) atoms. The lowest BCUT2D eigenvalue weighted by Crippen LogP contribution is -2.12. The van der Waals surface area contributed by atoms with Crippen molar-refractivity contribution in [3.8, 4) is 0 Å². The zero-order valence-corrected chi connectivity index (χ0v) is 7.48. The molecule has 0 saturated carbocycles. The summed E-state index contributed by atoms with van der Waals surface area (Å²) in [4.78, 5) is 10.0. The van der Waals surface area contributed by atoms with Gasteiger partial charge in [-0.25, -0.2) is 4.79 Å². The molecule has 0 saturated heterocycles. The van der Waals surface area contributed by atoms with Gasteiger partial charge in [0.2, 0.25) is 0 Å². The van der Waals surface area contributed by atoms with E-state index in [0.717, 1.165) is 0 Å². The van der Waals surface area contributed by atoms with E-state index in [4.69, 9.17) is 5.11 Å². The molecule has 1 amide bonds. The number of carbonyl (C=O) groups is 1. The van der Waals surface area contributed by atoms with Crippen LogP contribution < -0.4 is 0 Å². The number of halogens is 1. The van der Waals surface area contributed by atoms with Gasteiger partial charge in [0.1, 0.15) is 0 Å². The maximum atomic E-state index is 10.0. The maximum Gasteiger partial charge on any atom is 0.427 e. The minimum atomic E-state index is -0.912. The second-order valence-electron chi connectivity index (χ2n) is 0.905. The summed E-state index contributed by atoms with van der Waals surface area (Å²) in [6, 6.07) is 0. The highest BCUT2D eigenvalue weighted by Gasteiger charge is 2.06. The standard InChI is InChI=1S/C3H7NO2S2.ClH/c1-7-4(8-2)3(5)6;/h1-2H3,(H,5,6);1H. The molecule has 0 aliphatic rings. The molecule has 0 radical (unpaired) electrons. The molecule has 0 heterocycles. The molecule has 1 N–H and O–H groups in total. The van der Waals surface area contributed by atoms with Gasteiger partial charge in [-0.3, -0.25) is 0 Å². The topological polar surface area (TPSA) is 40.5 Å². The third-order valence-corrected chi connectivity index (χ3v) is 2.36. The summed E-state index contributed by atoms with van der Waals surface area (Å²) in [7, 11) is 0. The van der Waals surface area contributed by atoms with Gasteiger partial charge in [-0.15, -0.1) is 12.4 Å². The van der Waals surface area contributed by atoms with Gasteiger partial charge in [0.25, 0.3) is 0 Å². The van der Waals surface area contributed by atoms with Crippen molar-refractivity contribution in [1.82, 2.24) is 3.71 Å². The fourth-order valence-electron chi connectivity index (χ4n) is 0.231. The number of hydrogen-bond acceptors (Lipinski definition) is 3. The van der Waals surface area contributed by atoms with Crippen LogP contribution in [0.15, 0.2) is 0 Å². The highest BCUT2D eigenvalue weighted by molar-refractivity contribution is 8.12. The Labute approximate surface area is 68.9 Å². The summed E-state index contributed by atoms with van der Waals surface area (Å²) in [5, 5.41) is 8.26. The van der Waals surface area contributed by atoms with Crippen LogP contribution in [0.25, 0.3) is 0 Å². The lowest BCUT2D eigenvalue weighted by atomic mass is 11.3. The Morgan fingerprint density at radius 2 is 1.78 bits per heavy atom. The Morgan fingerprint density at radius 3 is 1.78 bits per heavy atom. The first-order chi connectivity index (χ1) is 3.72. The van der Waals surface area contributed by atoms with E-state index in [2.05, 4.69) is 0 Å². The molecule has 56 valence electrons. The summed E-state index contributed by atoms with van der Waals surface area (Å²) >= 11 is 2.35. The van der Waals surface area contributed by atoms with E-state index in [-0.39, 0.29) is 12.4 Å². The van der Waals surface area contributed by atoms with Crippen LogP contribution in [0.4, 0.5) is 4.79 Å². The normalized spacial score (nSPS) is 7.78. The lowest BCUT2D eigenvalue weighted by molar-refractivity contribution is 0.191. The number of amides is 1. The van der Waals surface area contributed by atoms with Crippen LogP contribution in [0, 0.1) is 0 Å². The van der Waals surface area contributed by atoms with Crippen molar-refractivity contribution in [2.75, 3.05) is 12.5 Å². The van der Waals surface area contributed by atoms with E-state index in [1.165, 1.54) is 27.6 Å². The minimum Gasteiger partial charge on any atom is -0.464 e. The van der Waals surface area contributed by atoms with E-state index in [1.54, 1.807) is 12.5 Å². The van der Waals surface area contributed by atoms with Crippen molar-refractivity contribution in [1.29, 1.82) is 0 Å². The van der Waals surface area contributed by atoms with Gasteiger partial charge in [0.15, 0.2) is 0 Å². The van der Waals surface area contributed by atoms with Crippen molar-refractivity contribution in [2.24, 2.45) is 0 Å². The van der Waals surface area contributed by atoms with Crippen molar-refractivity contribution in [2.45, 2.75) is 0 Å². The Morgan fingerprint density at radius 1 is 1.44 bits per heavy atom. The van der Waals surface area contributed by atoms with Crippen molar-refractivity contribution in [3.05, 3.63) is 0 Å². The van der Waals surface area contributed by atoms with Gasteiger partial charge in [0.05, 0.1) is 0 Å². The molecular weight excluding hydrogens is 182 g/mol. The monoisotopic (exact) mass is 189 g/mol. The molecule has 0 aliphatic carbocycles. The predicted octanol–water partition coefficient (Wildman–Crippen LogP) is 1.94. The van der Waals surface area contributed by atoms with Crippen molar-refractivity contribution in [3.63, 3.8) is 0 Å². The van der Waals surface area contributed by atoms with Crippen LogP contribution in [0.3, 0.4) is 0 Å². The largest absolute Gasteiger partial charge is 0.464 e. The third-order valence-electron chi connectivity index (χ3n) is 0.488. The molecule has 6 heteroatoms. The molecule has 0 aliphatic heterocycles. The van der Waals surface area contributed by atoms with Gasteiger partial charge >= 0.3 is 6.09 Å². The first kappa shape index (κ1) is 12.0. The first-order valence-electron chi connectivity index (χ1n) is 1.83. The van der Waals surface area contributed by atoms with Gasteiger partial charge in [-0.05, 0) is 23.9 Å². The van der Waals surface area contributed by atoms with E-state index < -0.39 is 6.09 Å². The molecular formula is C3H8ClNO2S2. The highest BCUT2D eigenvalue weighted by Crippen LogP contribution is 2.15.